The van der Waals surface area contributed by atoms with E-state index in [1.165, 1.54) is 0 Å². The summed E-state index contributed by atoms with van der Waals surface area (Å²) in [5.74, 6) is -0.0832. The number of carbonyl (C=O) groups is 1. The van der Waals surface area contributed by atoms with E-state index in [0.29, 0.717) is 5.69 Å². The van der Waals surface area contributed by atoms with Gasteiger partial charge in [0.2, 0.25) is 0 Å². The van der Waals surface area contributed by atoms with Crippen molar-refractivity contribution >= 4 is 41.6 Å². The largest absolute Gasteiger partial charge is 0.345 e. The Kier molecular flexibility index (Phi) is 6.60. The molecule has 0 spiro atoms. The SMILES string of the molecule is CC1(NC(=O)c2ccc3ccccc3n2)CCNCC1.Cl.Cl. The highest BCUT2D eigenvalue weighted by Crippen LogP contribution is 2.18. The lowest BCUT2D eigenvalue weighted by molar-refractivity contribution is 0.0882. The van der Waals surface area contributed by atoms with Crippen molar-refractivity contribution in [2.24, 2.45) is 0 Å². The molecule has 0 radical (unpaired) electrons. The standard InChI is InChI=1S/C16H19N3O.2ClH/c1-16(8-10-17-11-9-16)19-15(20)14-7-6-12-4-2-3-5-13(12)18-14;;/h2-7,17H,8-11H2,1H3,(H,19,20);2*1H. The number of piperidine rings is 1. The van der Waals surface area contributed by atoms with Crippen LogP contribution in [0.4, 0.5) is 0 Å². The maximum absolute atomic E-state index is 12.4. The molecule has 4 nitrogen and oxygen atoms in total. The van der Waals surface area contributed by atoms with Crippen molar-refractivity contribution in [1.29, 1.82) is 0 Å². The van der Waals surface area contributed by atoms with Gasteiger partial charge < -0.3 is 10.6 Å². The Hall–Kier alpha value is -1.36. The van der Waals surface area contributed by atoms with E-state index < -0.39 is 0 Å². The number of amides is 1. The van der Waals surface area contributed by atoms with Gasteiger partial charge >= 0.3 is 0 Å². The second kappa shape index (κ2) is 7.77. The molecular formula is C16H21Cl2N3O. The van der Waals surface area contributed by atoms with Crippen molar-refractivity contribution in [3.8, 4) is 0 Å². The summed E-state index contributed by atoms with van der Waals surface area (Å²) in [7, 11) is 0. The van der Waals surface area contributed by atoms with Gasteiger partial charge in [0.25, 0.3) is 5.91 Å². The molecule has 1 aromatic carbocycles. The lowest BCUT2D eigenvalue weighted by atomic mass is 9.90. The van der Waals surface area contributed by atoms with E-state index in [-0.39, 0.29) is 36.3 Å². The molecule has 0 saturated carbocycles. The molecule has 2 aromatic rings. The molecule has 0 bridgehead atoms. The van der Waals surface area contributed by atoms with Crippen molar-refractivity contribution in [3.63, 3.8) is 0 Å². The molecule has 1 aromatic heterocycles. The van der Waals surface area contributed by atoms with Crippen molar-refractivity contribution in [1.82, 2.24) is 15.6 Å². The minimum absolute atomic E-state index is 0. The third-order valence-corrected chi connectivity index (χ3v) is 3.95. The molecule has 0 atom stereocenters. The zero-order valence-electron chi connectivity index (χ0n) is 12.5. The number of halogens is 2. The number of carbonyl (C=O) groups excluding carboxylic acids is 1. The zero-order chi connectivity index (χ0) is 14.0. The molecule has 2 N–H and O–H groups in total. The van der Waals surface area contributed by atoms with E-state index in [9.17, 15) is 4.79 Å². The summed E-state index contributed by atoms with van der Waals surface area (Å²) in [5, 5.41) is 7.50. The van der Waals surface area contributed by atoms with Crippen LogP contribution in [0.5, 0.6) is 0 Å². The van der Waals surface area contributed by atoms with E-state index in [0.717, 1.165) is 36.8 Å². The Morgan fingerprint density at radius 3 is 2.55 bits per heavy atom. The average Bonchev–Trinajstić information content (AvgIpc) is 2.47. The van der Waals surface area contributed by atoms with E-state index in [4.69, 9.17) is 0 Å². The number of pyridine rings is 1. The number of aromatic nitrogens is 1. The fraction of sp³-hybridized carbons (Fsp3) is 0.375. The average molecular weight is 342 g/mol. The summed E-state index contributed by atoms with van der Waals surface area (Å²) in [6, 6.07) is 11.6. The third kappa shape index (κ3) is 4.09. The minimum atomic E-state index is -0.129. The molecule has 0 aliphatic carbocycles. The summed E-state index contributed by atoms with van der Waals surface area (Å²) in [6.07, 6.45) is 1.90. The first-order valence-electron chi connectivity index (χ1n) is 7.05. The molecular weight excluding hydrogens is 321 g/mol. The van der Waals surface area contributed by atoms with Crippen LogP contribution in [0.1, 0.15) is 30.3 Å². The van der Waals surface area contributed by atoms with Gasteiger partial charge in [-0.2, -0.15) is 0 Å². The lowest BCUT2D eigenvalue weighted by Crippen LogP contribution is -2.52. The van der Waals surface area contributed by atoms with Crippen LogP contribution < -0.4 is 10.6 Å². The van der Waals surface area contributed by atoms with Gasteiger partial charge in [0.1, 0.15) is 5.69 Å². The fourth-order valence-electron chi connectivity index (χ4n) is 2.63. The quantitative estimate of drug-likeness (QED) is 0.882. The molecule has 6 heteroatoms. The van der Waals surface area contributed by atoms with Crippen LogP contribution in [0.2, 0.25) is 0 Å². The van der Waals surface area contributed by atoms with Crippen LogP contribution in [0, 0.1) is 0 Å². The van der Waals surface area contributed by atoms with Gasteiger partial charge in [-0.15, -0.1) is 24.8 Å². The Bertz CT molecular complexity index is 642. The minimum Gasteiger partial charge on any atom is -0.345 e. The van der Waals surface area contributed by atoms with E-state index >= 15 is 0 Å². The van der Waals surface area contributed by atoms with Gasteiger partial charge in [-0.3, -0.25) is 4.79 Å². The molecule has 1 fully saturated rings. The molecule has 22 heavy (non-hydrogen) atoms. The Labute approximate surface area is 142 Å². The highest BCUT2D eigenvalue weighted by molar-refractivity contribution is 5.95. The number of benzene rings is 1. The van der Waals surface area contributed by atoms with Gasteiger partial charge in [-0.05, 0) is 45.0 Å². The second-order valence-corrected chi connectivity index (χ2v) is 5.65. The van der Waals surface area contributed by atoms with Crippen LogP contribution >= 0.6 is 24.8 Å². The Morgan fingerprint density at radius 2 is 1.82 bits per heavy atom. The van der Waals surface area contributed by atoms with Gasteiger partial charge in [0, 0.05) is 10.9 Å². The molecule has 2 heterocycles. The molecule has 120 valence electrons. The normalized spacial score (nSPS) is 16.2. The first-order valence-corrected chi connectivity index (χ1v) is 7.05. The van der Waals surface area contributed by atoms with E-state index in [2.05, 4.69) is 22.5 Å². The number of para-hydroxylation sites is 1. The van der Waals surface area contributed by atoms with Crippen molar-refractivity contribution in [2.75, 3.05) is 13.1 Å². The van der Waals surface area contributed by atoms with E-state index in [1.54, 1.807) is 6.07 Å². The first kappa shape index (κ1) is 18.7. The van der Waals surface area contributed by atoms with Crippen LogP contribution in [0.25, 0.3) is 10.9 Å². The number of hydrogen-bond donors (Lipinski definition) is 2. The van der Waals surface area contributed by atoms with Gasteiger partial charge in [-0.1, -0.05) is 24.3 Å². The number of fused-ring (bicyclic) bond motifs is 1. The van der Waals surface area contributed by atoms with Gasteiger partial charge in [0.15, 0.2) is 0 Å². The highest BCUT2D eigenvalue weighted by Gasteiger charge is 2.28. The van der Waals surface area contributed by atoms with Crippen LogP contribution in [-0.2, 0) is 0 Å². The summed E-state index contributed by atoms with van der Waals surface area (Å²) >= 11 is 0. The molecule has 3 rings (SSSR count). The van der Waals surface area contributed by atoms with Crippen molar-refractivity contribution < 1.29 is 4.79 Å². The lowest BCUT2D eigenvalue weighted by Gasteiger charge is -2.34. The number of nitrogens with one attached hydrogen (secondary N) is 2. The number of nitrogens with zero attached hydrogens (tertiary/aromatic N) is 1. The Morgan fingerprint density at radius 1 is 1.14 bits per heavy atom. The summed E-state index contributed by atoms with van der Waals surface area (Å²) < 4.78 is 0. The molecule has 1 aliphatic rings. The maximum Gasteiger partial charge on any atom is 0.270 e. The molecule has 1 saturated heterocycles. The Balaban J connectivity index is 0.00000121. The first-order chi connectivity index (χ1) is 9.66. The predicted molar refractivity (Wildman–Crippen MR) is 94.2 cm³/mol. The predicted octanol–water partition coefficient (Wildman–Crippen LogP) is 2.95. The topological polar surface area (TPSA) is 54.0 Å². The third-order valence-electron chi connectivity index (χ3n) is 3.95. The van der Waals surface area contributed by atoms with Gasteiger partial charge in [-0.25, -0.2) is 4.98 Å². The van der Waals surface area contributed by atoms with E-state index in [1.807, 2.05) is 30.3 Å². The summed E-state index contributed by atoms with van der Waals surface area (Å²) in [5.41, 5.74) is 1.22. The van der Waals surface area contributed by atoms with Crippen LogP contribution in [0.3, 0.4) is 0 Å². The van der Waals surface area contributed by atoms with Crippen LogP contribution in [0.15, 0.2) is 36.4 Å². The highest BCUT2D eigenvalue weighted by atomic mass is 35.5. The van der Waals surface area contributed by atoms with Crippen molar-refractivity contribution in [2.45, 2.75) is 25.3 Å². The number of hydrogen-bond acceptors (Lipinski definition) is 3. The monoisotopic (exact) mass is 341 g/mol. The molecule has 1 amide bonds. The second-order valence-electron chi connectivity index (χ2n) is 5.65. The zero-order valence-corrected chi connectivity index (χ0v) is 14.1. The summed E-state index contributed by atoms with van der Waals surface area (Å²) in [6.45, 7) is 4.00. The van der Waals surface area contributed by atoms with Crippen LogP contribution in [-0.4, -0.2) is 29.5 Å². The smallest absolute Gasteiger partial charge is 0.270 e. The number of rotatable bonds is 2. The van der Waals surface area contributed by atoms with Gasteiger partial charge in [0.05, 0.1) is 5.52 Å². The fourth-order valence-corrected chi connectivity index (χ4v) is 2.63. The summed E-state index contributed by atoms with van der Waals surface area (Å²) in [4.78, 5) is 16.8. The maximum atomic E-state index is 12.4. The molecule has 1 aliphatic heterocycles. The van der Waals surface area contributed by atoms with Crippen molar-refractivity contribution in [3.05, 3.63) is 42.1 Å². The molecule has 0 unspecified atom stereocenters.